The minimum Gasteiger partial charge on any atom is -0.393 e. The zero-order valence-electron chi connectivity index (χ0n) is 9.01. The molecule has 0 heterocycles. The molecular formula is C11H24O. The van der Waals surface area contributed by atoms with Crippen molar-refractivity contribution in [3.05, 3.63) is 0 Å². The Kier molecular flexibility index (Phi) is 6.45. The first-order chi connectivity index (χ1) is 5.56. The van der Waals surface area contributed by atoms with Crippen LogP contribution in [0.1, 0.15) is 53.4 Å². The third kappa shape index (κ3) is 6.66. The number of hydrogen-bond acceptors (Lipinski definition) is 1. The van der Waals surface area contributed by atoms with Crippen molar-refractivity contribution in [2.75, 3.05) is 0 Å². The Morgan fingerprint density at radius 2 is 1.67 bits per heavy atom. The lowest BCUT2D eigenvalue weighted by atomic mass is 9.92. The molecule has 0 saturated heterocycles. The predicted octanol–water partition coefficient (Wildman–Crippen LogP) is 3.22. The van der Waals surface area contributed by atoms with Gasteiger partial charge in [0.1, 0.15) is 0 Å². The van der Waals surface area contributed by atoms with E-state index in [1.165, 1.54) is 6.42 Å². The minimum absolute atomic E-state index is 0.0660. The topological polar surface area (TPSA) is 20.2 Å². The standard InChI is InChI=1S/C11H24O/c1-5-6-11(12)8-10(4)7-9(2)3/h9-12H,5-8H2,1-4H3. The van der Waals surface area contributed by atoms with Gasteiger partial charge in [-0.2, -0.15) is 0 Å². The normalized spacial score (nSPS) is 16.5. The number of aliphatic hydroxyl groups excluding tert-OH is 1. The maximum atomic E-state index is 9.53. The highest BCUT2D eigenvalue weighted by Crippen LogP contribution is 2.17. The van der Waals surface area contributed by atoms with Crippen LogP contribution in [0.3, 0.4) is 0 Å². The monoisotopic (exact) mass is 172 g/mol. The summed E-state index contributed by atoms with van der Waals surface area (Å²) in [6.07, 6.45) is 4.20. The Labute approximate surface area is 77.2 Å². The van der Waals surface area contributed by atoms with Crippen LogP contribution in [0, 0.1) is 11.8 Å². The summed E-state index contributed by atoms with van der Waals surface area (Å²) in [7, 11) is 0. The lowest BCUT2D eigenvalue weighted by Gasteiger charge is -2.17. The highest BCUT2D eigenvalue weighted by molar-refractivity contribution is 4.62. The first-order valence-corrected chi connectivity index (χ1v) is 5.24. The van der Waals surface area contributed by atoms with Gasteiger partial charge < -0.3 is 5.11 Å². The van der Waals surface area contributed by atoms with Gasteiger partial charge >= 0.3 is 0 Å². The fraction of sp³-hybridized carbons (Fsp3) is 1.00. The van der Waals surface area contributed by atoms with Gasteiger partial charge in [-0.05, 0) is 31.1 Å². The molecule has 0 saturated carbocycles. The Morgan fingerprint density at radius 3 is 2.08 bits per heavy atom. The Morgan fingerprint density at radius 1 is 1.08 bits per heavy atom. The van der Waals surface area contributed by atoms with Crippen molar-refractivity contribution < 1.29 is 5.11 Å². The van der Waals surface area contributed by atoms with Crippen LogP contribution in [-0.2, 0) is 0 Å². The maximum absolute atomic E-state index is 9.53. The fourth-order valence-electron chi connectivity index (χ4n) is 1.82. The zero-order valence-corrected chi connectivity index (χ0v) is 9.01. The van der Waals surface area contributed by atoms with Crippen LogP contribution >= 0.6 is 0 Å². The van der Waals surface area contributed by atoms with Gasteiger partial charge in [0.05, 0.1) is 6.10 Å². The van der Waals surface area contributed by atoms with E-state index in [-0.39, 0.29) is 6.10 Å². The quantitative estimate of drug-likeness (QED) is 0.652. The van der Waals surface area contributed by atoms with Gasteiger partial charge in [0, 0.05) is 0 Å². The summed E-state index contributed by atoms with van der Waals surface area (Å²) in [5.74, 6) is 1.43. The van der Waals surface area contributed by atoms with Crippen molar-refractivity contribution in [3.63, 3.8) is 0 Å². The molecule has 0 aliphatic carbocycles. The highest BCUT2D eigenvalue weighted by Gasteiger charge is 2.10. The molecule has 1 nitrogen and oxygen atoms in total. The molecule has 0 radical (unpaired) electrons. The Balaban J connectivity index is 3.46. The largest absolute Gasteiger partial charge is 0.393 e. The van der Waals surface area contributed by atoms with Crippen molar-refractivity contribution >= 4 is 0 Å². The molecule has 2 atom stereocenters. The molecule has 0 rings (SSSR count). The van der Waals surface area contributed by atoms with Crippen LogP contribution in [0.15, 0.2) is 0 Å². The van der Waals surface area contributed by atoms with E-state index in [1.807, 2.05) is 0 Å². The van der Waals surface area contributed by atoms with E-state index in [2.05, 4.69) is 27.7 Å². The SMILES string of the molecule is CCCC(O)CC(C)CC(C)C. The molecule has 0 aliphatic rings. The molecule has 0 bridgehead atoms. The lowest BCUT2D eigenvalue weighted by molar-refractivity contribution is 0.130. The molecule has 1 heteroatoms. The molecule has 0 aromatic heterocycles. The summed E-state index contributed by atoms with van der Waals surface area (Å²) in [5, 5.41) is 9.53. The van der Waals surface area contributed by atoms with Crippen molar-refractivity contribution in [2.45, 2.75) is 59.5 Å². The van der Waals surface area contributed by atoms with Crippen molar-refractivity contribution in [1.29, 1.82) is 0 Å². The second-order valence-corrected chi connectivity index (χ2v) is 4.41. The molecule has 0 fully saturated rings. The summed E-state index contributed by atoms with van der Waals surface area (Å²) in [4.78, 5) is 0. The van der Waals surface area contributed by atoms with Crippen molar-refractivity contribution in [2.24, 2.45) is 11.8 Å². The van der Waals surface area contributed by atoms with Crippen LogP contribution in [0.2, 0.25) is 0 Å². The summed E-state index contributed by atoms with van der Waals surface area (Å²) in [6.45, 7) is 8.83. The van der Waals surface area contributed by atoms with Crippen molar-refractivity contribution in [3.8, 4) is 0 Å². The number of hydrogen-bond donors (Lipinski definition) is 1. The van der Waals surface area contributed by atoms with Gasteiger partial charge in [-0.1, -0.05) is 34.1 Å². The van der Waals surface area contributed by atoms with Gasteiger partial charge in [-0.15, -0.1) is 0 Å². The van der Waals surface area contributed by atoms with Crippen molar-refractivity contribution in [1.82, 2.24) is 0 Å². The molecule has 12 heavy (non-hydrogen) atoms. The number of aliphatic hydroxyl groups is 1. The van der Waals surface area contributed by atoms with Crippen LogP contribution in [0.5, 0.6) is 0 Å². The Hall–Kier alpha value is -0.0400. The molecule has 0 amide bonds. The van der Waals surface area contributed by atoms with Gasteiger partial charge in [-0.3, -0.25) is 0 Å². The first-order valence-electron chi connectivity index (χ1n) is 5.24. The summed E-state index contributed by atoms with van der Waals surface area (Å²) < 4.78 is 0. The summed E-state index contributed by atoms with van der Waals surface area (Å²) in [5.41, 5.74) is 0. The van der Waals surface area contributed by atoms with Gasteiger partial charge in [-0.25, -0.2) is 0 Å². The molecule has 2 unspecified atom stereocenters. The molecule has 0 spiro atoms. The van der Waals surface area contributed by atoms with Crippen LogP contribution in [-0.4, -0.2) is 11.2 Å². The Bertz CT molecular complexity index is 99.2. The molecule has 1 N–H and O–H groups in total. The molecule has 0 aromatic rings. The number of rotatable bonds is 6. The molecule has 74 valence electrons. The van der Waals surface area contributed by atoms with E-state index in [0.29, 0.717) is 5.92 Å². The molecule has 0 aromatic carbocycles. The third-order valence-corrected chi connectivity index (χ3v) is 2.17. The average molecular weight is 172 g/mol. The average Bonchev–Trinajstić information content (AvgIpc) is 1.84. The maximum Gasteiger partial charge on any atom is 0.0542 e. The van der Waals surface area contributed by atoms with E-state index >= 15 is 0 Å². The summed E-state index contributed by atoms with van der Waals surface area (Å²) in [6, 6.07) is 0. The highest BCUT2D eigenvalue weighted by atomic mass is 16.3. The van der Waals surface area contributed by atoms with E-state index in [1.54, 1.807) is 0 Å². The molecular weight excluding hydrogens is 148 g/mol. The first kappa shape index (κ1) is 12.0. The fourth-order valence-corrected chi connectivity index (χ4v) is 1.82. The molecule has 0 aliphatic heterocycles. The van der Waals surface area contributed by atoms with E-state index < -0.39 is 0 Å². The second-order valence-electron chi connectivity index (χ2n) is 4.41. The van der Waals surface area contributed by atoms with Crippen LogP contribution in [0.4, 0.5) is 0 Å². The van der Waals surface area contributed by atoms with Gasteiger partial charge in [0.2, 0.25) is 0 Å². The van der Waals surface area contributed by atoms with Crippen LogP contribution < -0.4 is 0 Å². The van der Waals surface area contributed by atoms with E-state index in [0.717, 1.165) is 25.2 Å². The van der Waals surface area contributed by atoms with E-state index in [9.17, 15) is 5.11 Å². The predicted molar refractivity (Wildman–Crippen MR) is 54.2 cm³/mol. The smallest absolute Gasteiger partial charge is 0.0542 e. The van der Waals surface area contributed by atoms with Crippen LogP contribution in [0.25, 0.3) is 0 Å². The minimum atomic E-state index is -0.0660. The van der Waals surface area contributed by atoms with Gasteiger partial charge in [0.25, 0.3) is 0 Å². The third-order valence-electron chi connectivity index (χ3n) is 2.17. The van der Waals surface area contributed by atoms with E-state index in [4.69, 9.17) is 0 Å². The lowest BCUT2D eigenvalue weighted by Crippen LogP contribution is -2.12. The zero-order chi connectivity index (χ0) is 9.56. The second kappa shape index (κ2) is 6.47. The van der Waals surface area contributed by atoms with Gasteiger partial charge in [0.15, 0.2) is 0 Å². The summed E-state index contributed by atoms with van der Waals surface area (Å²) >= 11 is 0.